The summed E-state index contributed by atoms with van der Waals surface area (Å²) in [5.74, 6) is 2.31. The Labute approximate surface area is 183 Å². The normalized spacial score (nSPS) is 22.0. The topological polar surface area (TPSA) is 62.2 Å². The van der Waals surface area contributed by atoms with Gasteiger partial charge >= 0.3 is 0 Å². The third-order valence-electron chi connectivity index (χ3n) is 6.94. The molecule has 0 saturated carbocycles. The summed E-state index contributed by atoms with van der Waals surface area (Å²) in [6.45, 7) is 8.38. The number of fused-ring (bicyclic) bond motifs is 1. The second-order valence-corrected chi connectivity index (χ2v) is 9.54. The van der Waals surface area contributed by atoms with Crippen molar-refractivity contribution in [3.05, 3.63) is 53.6 Å². The van der Waals surface area contributed by atoms with Crippen molar-refractivity contribution < 1.29 is 19.4 Å². The standard InChI is InChI=1S/C25H30N2O4/c1-17(2)14-27-15-25(23(27)18-3-6-20(28)7-4-18)9-11-26(12-10-25)24(29)19-5-8-21-22(13-19)31-16-30-21/h3-8,13,17,23,28H,9-12,14-16H2,1-2H3. The van der Waals surface area contributed by atoms with Gasteiger partial charge in [-0.2, -0.15) is 0 Å². The van der Waals surface area contributed by atoms with Crippen LogP contribution in [0.4, 0.5) is 0 Å². The average molecular weight is 423 g/mol. The minimum atomic E-state index is 0.0627. The molecule has 2 fully saturated rings. The molecule has 3 heterocycles. The van der Waals surface area contributed by atoms with E-state index in [-0.39, 0.29) is 18.1 Å². The van der Waals surface area contributed by atoms with E-state index in [0.717, 1.165) is 39.0 Å². The van der Waals surface area contributed by atoms with E-state index in [0.29, 0.717) is 34.8 Å². The van der Waals surface area contributed by atoms with Crippen molar-refractivity contribution in [2.45, 2.75) is 32.7 Å². The smallest absolute Gasteiger partial charge is 0.253 e. The number of carbonyl (C=O) groups is 1. The molecular weight excluding hydrogens is 392 g/mol. The number of amides is 1. The molecule has 31 heavy (non-hydrogen) atoms. The van der Waals surface area contributed by atoms with Crippen LogP contribution in [0.5, 0.6) is 17.2 Å². The van der Waals surface area contributed by atoms with Crippen LogP contribution in [-0.4, -0.2) is 53.8 Å². The van der Waals surface area contributed by atoms with Crippen molar-refractivity contribution in [2.75, 3.05) is 33.0 Å². The SMILES string of the molecule is CC(C)CN1CC2(CCN(C(=O)c3ccc4c(c3)OCO4)CC2)C1c1ccc(O)cc1. The van der Waals surface area contributed by atoms with E-state index in [9.17, 15) is 9.90 Å². The molecule has 0 aromatic heterocycles. The Morgan fingerprint density at radius 2 is 1.81 bits per heavy atom. The molecular formula is C25H30N2O4. The predicted octanol–water partition coefficient (Wildman–Crippen LogP) is 4.06. The van der Waals surface area contributed by atoms with Crippen molar-refractivity contribution in [1.82, 2.24) is 9.80 Å². The number of aromatic hydroxyl groups is 1. The number of ether oxygens (including phenoxy) is 2. The number of likely N-dealkylation sites (tertiary alicyclic amines) is 2. The van der Waals surface area contributed by atoms with Gasteiger partial charge in [0, 0.05) is 43.2 Å². The molecule has 0 bridgehead atoms. The zero-order valence-electron chi connectivity index (χ0n) is 18.2. The number of benzene rings is 2. The van der Waals surface area contributed by atoms with Gasteiger partial charge in [0.2, 0.25) is 6.79 Å². The van der Waals surface area contributed by atoms with Gasteiger partial charge in [-0.3, -0.25) is 9.69 Å². The molecule has 1 amide bonds. The van der Waals surface area contributed by atoms with Gasteiger partial charge in [-0.15, -0.1) is 0 Å². The Morgan fingerprint density at radius 1 is 1.10 bits per heavy atom. The van der Waals surface area contributed by atoms with Crippen LogP contribution in [0.2, 0.25) is 0 Å². The minimum absolute atomic E-state index is 0.0627. The summed E-state index contributed by atoms with van der Waals surface area (Å²) < 4.78 is 10.8. The van der Waals surface area contributed by atoms with E-state index in [2.05, 4.69) is 30.9 Å². The molecule has 2 saturated heterocycles. The van der Waals surface area contributed by atoms with Gasteiger partial charge in [0.15, 0.2) is 11.5 Å². The molecule has 164 valence electrons. The van der Waals surface area contributed by atoms with Crippen molar-refractivity contribution in [3.8, 4) is 17.2 Å². The molecule has 2 aromatic carbocycles. The van der Waals surface area contributed by atoms with E-state index < -0.39 is 0 Å². The summed E-state index contributed by atoms with van der Waals surface area (Å²) in [4.78, 5) is 17.6. The quantitative estimate of drug-likeness (QED) is 0.805. The van der Waals surface area contributed by atoms with Crippen LogP contribution >= 0.6 is 0 Å². The number of phenolic OH excluding ortho intramolecular Hbond substituents is 1. The highest BCUT2D eigenvalue weighted by atomic mass is 16.7. The van der Waals surface area contributed by atoms with Gasteiger partial charge in [0.25, 0.3) is 5.91 Å². The first-order valence-electron chi connectivity index (χ1n) is 11.2. The molecule has 1 atom stereocenters. The number of carbonyl (C=O) groups excluding carboxylic acids is 1. The van der Waals surface area contributed by atoms with Gasteiger partial charge in [-0.25, -0.2) is 0 Å². The third-order valence-corrected chi connectivity index (χ3v) is 6.94. The van der Waals surface area contributed by atoms with Crippen LogP contribution in [0.3, 0.4) is 0 Å². The lowest BCUT2D eigenvalue weighted by molar-refractivity contribution is -0.112. The maximum Gasteiger partial charge on any atom is 0.253 e. The maximum atomic E-state index is 13.1. The fourth-order valence-electron chi connectivity index (χ4n) is 5.52. The lowest BCUT2D eigenvalue weighted by Crippen LogP contribution is -2.63. The number of nitrogens with zero attached hydrogens (tertiary/aromatic N) is 2. The van der Waals surface area contributed by atoms with Crippen LogP contribution in [0.15, 0.2) is 42.5 Å². The molecule has 0 radical (unpaired) electrons. The summed E-state index contributed by atoms with van der Waals surface area (Å²) in [7, 11) is 0. The molecule has 0 aliphatic carbocycles. The van der Waals surface area contributed by atoms with Crippen LogP contribution < -0.4 is 9.47 Å². The lowest BCUT2D eigenvalue weighted by atomic mass is 9.63. The van der Waals surface area contributed by atoms with Gasteiger partial charge in [-0.05, 0) is 54.7 Å². The van der Waals surface area contributed by atoms with Crippen LogP contribution in [0.1, 0.15) is 48.7 Å². The van der Waals surface area contributed by atoms with Crippen LogP contribution in [0, 0.1) is 11.3 Å². The first-order valence-corrected chi connectivity index (χ1v) is 11.2. The Kier molecular flexibility index (Phi) is 5.05. The number of hydrogen-bond acceptors (Lipinski definition) is 5. The number of rotatable bonds is 4. The Morgan fingerprint density at radius 3 is 2.52 bits per heavy atom. The van der Waals surface area contributed by atoms with Crippen molar-refractivity contribution in [1.29, 1.82) is 0 Å². The second kappa shape index (κ2) is 7.75. The highest BCUT2D eigenvalue weighted by Crippen LogP contribution is 2.55. The van der Waals surface area contributed by atoms with Crippen molar-refractivity contribution in [3.63, 3.8) is 0 Å². The molecule has 3 aliphatic rings. The molecule has 1 N–H and O–H groups in total. The van der Waals surface area contributed by atoms with E-state index in [1.807, 2.05) is 17.0 Å². The van der Waals surface area contributed by atoms with E-state index in [1.54, 1.807) is 18.2 Å². The van der Waals surface area contributed by atoms with E-state index in [4.69, 9.17) is 9.47 Å². The molecule has 6 nitrogen and oxygen atoms in total. The largest absolute Gasteiger partial charge is 0.508 e. The third kappa shape index (κ3) is 3.63. The average Bonchev–Trinajstić information content (AvgIpc) is 3.22. The maximum absolute atomic E-state index is 13.1. The Balaban J connectivity index is 1.30. The summed E-state index contributed by atoms with van der Waals surface area (Å²) in [6.07, 6.45) is 1.98. The summed E-state index contributed by atoms with van der Waals surface area (Å²) in [5, 5.41) is 9.73. The first kappa shape index (κ1) is 20.2. The Bertz CT molecular complexity index is 964. The summed E-state index contributed by atoms with van der Waals surface area (Å²) >= 11 is 0. The minimum Gasteiger partial charge on any atom is -0.508 e. The fourth-order valence-corrected chi connectivity index (χ4v) is 5.52. The number of phenols is 1. The second-order valence-electron chi connectivity index (χ2n) is 9.54. The van der Waals surface area contributed by atoms with Gasteiger partial charge in [0.05, 0.1) is 0 Å². The van der Waals surface area contributed by atoms with E-state index >= 15 is 0 Å². The first-order chi connectivity index (χ1) is 14.9. The predicted molar refractivity (Wildman–Crippen MR) is 117 cm³/mol. The van der Waals surface area contributed by atoms with Gasteiger partial charge in [0.1, 0.15) is 5.75 Å². The molecule has 1 unspecified atom stereocenters. The lowest BCUT2D eigenvalue weighted by Gasteiger charge is -2.61. The van der Waals surface area contributed by atoms with Gasteiger partial charge < -0.3 is 19.5 Å². The Hall–Kier alpha value is -2.73. The zero-order chi connectivity index (χ0) is 21.6. The molecule has 6 heteroatoms. The van der Waals surface area contributed by atoms with Gasteiger partial charge in [-0.1, -0.05) is 26.0 Å². The summed E-state index contributed by atoms with van der Waals surface area (Å²) in [6, 6.07) is 13.5. The molecule has 3 aliphatic heterocycles. The highest BCUT2D eigenvalue weighted by molar-refractivity contribution is 5.95. The van der Waals surface area contributed by atoms with Crippen LogP contribution in [0.25, 0.3) is 0 Å². The van der Waals surface area contributed by atoms with E-state index in [1.165, 1.54) is 5.56 Å². The number of hydrogen-bond donors (Lipinski definition) is 1. The van der Waals surface area contributed by atoms with Crippen LogP contribution in [-0.2, 0) is 0 Å². The van der Waals surface area contributed by atoms with Crippen molar-refractivity contribution in [2.24, 2.45) is 11.3 Å². The summed E-state index contributed by atoms with van der Waals surface area (Å²) in [5.41, 5.74) is 2.11. The highest BCUT2D eigenvalue weighted by Gasteiger charge is 2.54. The molecule has 2 aromatic rings. The number of piperidine rings is 1. The van der Waals surface area contributed by atoms with Crippen molar-refractivity contribution >= 4 is 5.91 Å². The molecule has 5 rings (SSSR count). The zero-order valence-corrected chi connectivity index (χ0v) is 18.2. The molecule has 1 spiro atoms. The fraction of sp³-hybridized carbons (Fsp3) is 0.480. The monoisotopic (exact) mass is 422 g/mol.